The zero-order chi connectivity index (χ0) is 13.4. The van der Waals surface area contributed by atoms with E-state index in [0.717, 1.165) is 19.4 Å². The highest BCUT2D eigenvalue weighted by molar-refractivity contribution is 5.96. The van der Waals surface area contributed by atoms with Crippen LogP contribution in [0.4, 0.5) is 0 Å². The quantitative estimate of drug-likeness (QED) is 0.842. The summed E-state index contributed by atoms with van der Waals surface area (Å²) in [6.45, 7) is 2.69. The molecule has 0 spiro atoms. The average molecular weight is 259 g/mol. The van der Waals surface area contributed by atoms with Crippen molar-refractivity contribution in [3.63, 3.8) is 0 Å². The lowest BCUT2D eigenvalue weighted by Crippen LogP contribution is -2.39. The Hall–Kier alpha value is -1.51. The topological polar surface area (TPSA) is 40.5 Å². The number of amides is 1. The molecule has 102 valence electrons. The predicted molar refractivity (Wildman–Crippen MR) is 74.2 cm³/mol. The van der Waals surface area contributed by atoms with E-state index >= 15 is 0 Å². The Morgan fingerprint density at radius 1 is 1.26 bits per heavy atom. The number of aromatic hydroxyl groups is 1. The van der Waals surface area contributed by atoms with Crippen molar-refractivity contribution >= 4 is 5.91 Å². The molecule has 1 heterocycles. The normalized spacial score (nSPS) is 26.3. The third kappa shape index (κ3) is 2.11. The van der Waals surface area contributed by atoms with Crippen molar-refractivity contribution in [2.45, 2.75) is 45.1 Å². The van der Waals surface area contributed by atoms with Crippen LogP contribution in [0, 0.1) is 12.8 Å². The number of fused-ring (bicyclic) bond motifs is 1. The van der Waals surface area contributed by atoms with Crippen LogP contribution in [-0.2, 0) is 0 Å². The number of carbonyl (C=O) groups is 1. The van der Waals surface area contributed by atoms with E-state index in [2.05, 4.69) is 0 Å². The van der Waals surface area contributed by atoms with E-state index in [9.17, 15) is 9.90 Å². The number of phenols is 1. The Labute approximate surface area is 114 Å². The minimum absolute atomic E-state index is 0.0998. The van der Waals surface area contributed by atoms with Gasteiger partial charge in [0.15, 0.2) is 0 Å². The van der Waals surface area contributed by atoms with Crippen LogP contribution in [0.2, 0.25) is 0 Å². The summed E-state index contributed by atoms with van der Waals surface area (Å²) in [6.07, 6.45) is 6.12. The van der Waals surface area contributed by atoms with Gasteiger partial charge in [-0.2, -0.15) is 0 Å². The summed E-state index contributed by atoms with van der Waals surface area (Å²) in [5, 5.41) is 9.75. The fourth-order valence-corrected chi connectivity index (χ4v) is 3.67. The zero-order valence-corrected chi connectivity index (χ0v) is 11.4. The van der Waals surface area contributed by atoms with Gasteiger partial charge in [0.05, 0.1) is 0 Å². The third-order valence-corrected chi connectivity index (χ3v) is 4.81. The van der Waals surface area contributed by atoms with E-state index in [1.54, 1.807) is 12.1 Å². The highest BCUT2D eigenvalue weighted by atomic mass is 16.3. The molecule has 2 fully saturated rings. The zero-order valence-electron chi connectivity index (χ0n) is 11.4. The molecule has 2 aliphatic rings. The fourth-order valence-electron chi connectivity index (χ4n) is 3.67. The molecule has 1 aromatic rings. The summed E-state index contributed by atoms with van der Waals surface area (Å²) >= 11 is 0. The van der Waals surface area contributed by atoms with Crippen LogP contribution in [0.1, 0.15) is 48.0 Å². The van der Waals surface area contributed by atoms with E-state index in [1.807, 2.05) is 17.9 Å². The van der Waals surface area contributed by atoms with Crippen molar-refractivity contribution in [1.82, 2.24) is 4.90 Å². The molecule has 0 bridgehead atoms. The van der Waals surface area contributed by atoms with Crippen LogP contribution >= 0.6 is 0 Å². The summed E-state index contributed by atoms with van der Waals surface area (Å²) in [4.78, 5) is 14.7. The second kappa shape index (κ2) is 4.87. The van der Waals surface area contributed by atoms with E-state index in [4.69, 9.17) is 0 Å². The van der Waals surface area contributed by atoms with Crippen LogP contribution in [0.15, 0.2) is 18.2 Å². The molecule has 2 atom stereocenters. The van der Waals surface area contributed by atoms with Crippen molar-refractivity contribution in [3.8, 4) is 5.75 Å². The Morgan fingerprint density at radius 3 is 2.89 bits per heavy atom. The largest absolute Gasteiger partial charge is 0.508 e. The van der Waals surface area contributed by atoms with E-state index in [1.165, 1.54) is 19.3 Å². The van der Waals surface area contributed by atoms with Crippen LogP contribution < -0.4 is 0 Å². The number of carbonyl (C=O) groups excluding carboxylic acids is 1. The monoisotopic (exact) mass is 259 g/mol. The Kier molecular flexibility index (Phi) is 3.21. The third-order valence-electron chi connectivity index (χ3n) is 4.81. The van der Waals surface area contributed by atoms with E-state index in [0.29, 0.717) is 23.1 Å². The van der Waals surface area contributed by atoms with Crippen molar-refractivity contribution in [2.75, 3.05) is 6.54 Å². The number of hydrogen-bond donors (Lipinski definition) is 1. The molecular weight excluding hydrogens is 238 g/mol. The molecule has 3 heteroatoms. The van der Waals surface area contributed by atoms with Gasteiger partial charge in [0.2, 0.25) is 0 Å². The molecular formula is C16H21NO2. The molecule has 3 nitrogen and oxygen atoms in total. The van der Waals surface area contributed by atoms with Crippen molar-refractivity contribution in [1.29, 1.82) is 0 Å². The van der Waals surface area contributed by atoms with Gasteiger partial charge in [0.1, 0.15) is 5.75 Å². The maximum Gasteiger partial charge on any atom is 0.254 e. The standard InChI is InChI=1S/C16H21NO2/c1-11-13(6-4-8-15(11)18)16(19)17-10-9-12-5-2-3-7-14(12)17/h4,6,8,12,14,18H,2-3,5,7,9-10H2,1H3. The smallest absolute Gasteiger partial charge is 0.254 e. The van der Waals surface area contributed by atoms with Crippen molar-refractivity contribution in [2.24, 2.45) is 5.92 Å². The highest BCUT2D eigenvalue weighted by Crippen LogP contribution is 2.37. The first-order valence-corrected chi connectivity index (χ1v) is 7.28. The fraction of sp³-hybridized carbons (Fsp3) is 0.562. The average Bonchev–Trinajstić information content (AvgIpc) is 2.85. The van der Waals surface area contributed by atoms with Gasteiger partial charge in [-0.05, 0) is 44.2 Å². The van der Waals surface area contributed by atoms with Gasteiger partial charge in [0.25, 0.3) is 5.91 Å². The lowest BCUT2D eigenvalue weighted by molar-refractivity contribution is 0.0689. The van der Waals surface area contributed by atoms with Crippen LogP contribution in [0.25, 0.3) is 0 Å². The summed E-state index contributed by atoms with van der Waals surface area (Å²) in [5.41, 5.74) is 1.36. The Morgan fingerprint density at radius 2 is 2.05 bits per heavy atom. The van der Waals surface area contributed by atoms with Gasteiger partial charge in [-0.15, -0.1) is 0 Å². The van der Waals surface area contributed by atoms with Crippen molar-refractivity contribution < 1.29 is 9.90 Å². The summed E-state index contributed by atoms with van der Waals surface area (Å²) in [6, 6.07) is 5.65. The lowest BCUT2D eigenvalue weighted by Gasteiger charge is -2.32. The molecule has 2 unspecified atom stereocenters. The summed E-state index contributed by atoms with van der Waals surface area (Å²) < 4.78 is 0. The minimum Gasteiger partial charge on any atom is -0.508 e. The first-order chi connectivity index (χ1) is 9.18. The molecule has 1 saturated heterocycles. The highest BCUT2D eigenvalue weighted by Gasteiger charge is 2.38. The van der Waals surface area contributed by atoms with Crippen molar-refractivity contribution in [3.05, 3.63) is 29.3 Å². The first kappa shape index (κ1) is 12.5. The Bertz CT molecular complexity index is 498. The number of hydrogen-bond acceptors (Lipinski definition) is 2. The molecule has 1 amide bonds. The van der Waals surface area contributed by atoms with Crippen LogP contribution in [-0.4, -0.2) is 28.5 Å². The maximum absolute atomic E-state index is 12.7. The molecule has 0 aromatic heterocycles. The van der Waals surface area contributed by atoms with E-state index in [-0.39, 0.29) is 11.7 Å². The second-order valence-corrected chi connectivity index (χ2v) is 5.85. The number of phenolic OH excluding ortho intramolecular Hbond substituents is 1. The molecule has 0 radical (unpaired) electrons. The lowest BCUT2D eigenvalue weighted by atomic mass is 9.85. The predicted octanol–water partition coefficient (Wildman–Crippen LogP) is 3.11. The number of likely N-dealkylation sites (tertiary alicyclic amines) is 1. The van der Waals surface area contributed by atoms with Crippen LogP contribution in [0.3, 0.4) is 0 Å². The van der Waals surface area contributed by atoms with Gasteiger partial charge >= 0.3 is 0 Å². The SMILES string of the molecule is Cc1c(O)cccc1C(=O)N1CCC2CCCCC21. The van der Waals surface area contributed by atoms with Crippen LogP contribution in [0.5, 0.6) is 5.75 Å². The maximum atomic E-state index is 12.7. The van der Waals surface area contributed by atoms with Gasteiger partial charge in [-0.25, -0.2) is 0 Å². The molecule has 1 saturated carbocycles. The number of benzene rings is 1. The molecule has 1 aliphatic heterocycles. The number of nitrogens with zero attached hydrogens (tertiary/aromatic N) is 1. The number of rotatable bonds is 1. The Balaban J connectivity index is 1.86. The van der Waals surface area contributed by atoms with Gasteiger partial charge in [0, 0.05) is 23.7 Å². The van der Waals surface area contributed by atoms with E-state index < -0.39 is 0 Å². The summed E-state index contributed by atoms with van der Waals surface area (Å²) in [7, 11) is 0. The molecule has 1 aromatic carbocycles. The van der Waals surface area contributed by atoms with Gasteiger partial charge in [-0.3, -0.25) is 4.79 Å². The van der Waals surface area contributed by atoms with Gasteiger partial charge < -0.3 is 10.0 Å². The minimum atomic E-state index is 0.0998. The molecule has 19 heavy (non-hydrogen) atoms. The second-order valence-electron chi connectivity index (χ2n) is 5.85. The van der Waals surface area contributed by atoms with Gasteiger partial charge in [-0.1, -0.05) is 18.9 Å². The molecule has 1 N–H and O–H groups in total. The molecule has 1 aliphatic carbocycles. The first-order valence-electron chi connectivity index (χ1n) is 7.28. The molecule has 3 rings (SSSR count). The summed E-state index contributed by atoms with van der Waals surface area (Å²) in [5.74, 6) is 1.02.